The van der Waals surface area contributed by atoms with Crippen LogP contribution in [0.4, 0.5) is 0 Å². The van der Waals surface area contributed by atoms with Gasteiger partial charge in [0, 0.05) is 11.6 Å². The summed E-state index contributed by atoms with van der Waals surface area (Å²) in [4.78, 5) is 0. The summed E-state index contributed by atoms with van der Waals surface area (Å²) >= 11 is 0. The number of benzene rings is 5. The summed E-state index contributed by atoms with van der Waals surface area (Å²) in [7, 11) is 3.29. The Bertz CT molecular complexity index is 1670. The molecule has 7 nitrogen and oxygen atoms in total. The molecule has 5 aromatic carbocycles. The lowest BCUT2D eigenvalue weighted by atomic mass is 9.89. The number of rotatable bonds is 16. The Balaban J connectivity index is 1.38. The standard InChI is InChI=1S/C42H44O7/c1-43-35-23-24-36(37(25-35)44-2)39-41(47-28-33-19-11-5-12-20-33)42(48-29-34-21-13-6-14-22-34)40(46-27-32-17-9-4-10-18-32)38(49-39)30-45-26-31-15-7-3-8-16-31/h3-25,38-42H,26-30H2,1-2H3/t38-,39-,40-,41+,42+/m1/s1. The van der Waals surface area contributed by atoms with Crippen LogP contribution < -0.4 is 9.47 Å². The van der Waals surface area contributed by atoms with Crippen molar-refractivity contribution < 1.29 is 33.2 Å². The summed E-state index contributed by atoms with van der Waals surface area (Å²) in [5.41, 5.74) is 5.04. The Morgan fingerprint density at radius 3 is 1.45 bits per heavy atom. The quantitative estimate of drug-likeness (QED) is 0.106. The molecule has 0 amide bonds. The summed E-state index contributed by atoms with van der Waals surface area (Å²) in [5, 5.41) is 0. The van der Waals surface area contributed by atoms with E-state index in [0.717, 1.165) is 27.8 Å². The summed E-state index contributed by atoms with van der Waals surface area (Å²) < 4.78 is 45.3. The maximum absolute atomic E-state index is 7.04. The van der Waals surface area contributed by atoms with Crippen molar-refractivity contribution >= 4 is 0 Å². The second kappa shape index (κ2) is 17.8. The van der Waals surface area contributed by atoms with Crippen molar-refractivity contribution in [2.24, 2.45) is 0 Å². The van der Waals surface area contributed by atoms with Gasteiger partial charge < -0.3 is 33.2 Å². The molecule has 0 saturated carbocycles. The third-order valence-corrected chi connectivity index (χ3v) is 8.63. The zero-order valence-electron chi connectivity index (χ0n) is 28.1. The van der Waals surface area contributed by atoms with Gasteiger partial charge >= 0.3 is 0 Å². The summed E-state index contributed by atoms with van der Waals surface area (Å²) in [6.45, 7) is 1.81. The minimum absolute atomic E-state index is 0.278. The predicted octanol–water partition coefficient (Wildman–Crippen LogP) is 8.12. The molecule has 1 aliphatic heterocycles. The van der Waals surface area contributed by atoms with E-state index < -0.39 is 30.5 Å². The molecule has 1 aliphatic rings. The number of hydrogen-bond donors (Lipinski definition) is 0. The van der Waals surface area contributed by atoms with Crippen molar-refractivity contribution in [1.29, 1.82) is 0 Å². The van der Waals surface area contributed by atoms with Crippen molar-refractivity contribution in [2.45, 2.75) is 56.9 Å². The lowest BCUT2D eigenvalue weighted by Crippen LogP contribution is -2.58. The fraction of sp³-hybridized carbons (Fsp3) is 0.286. The number of hydrogen-bond acceptors (Lipinski definition) is 7. The lowest BCUT2D eigenvalue weighted by Gasteiger charge is -2.46. The fourth-order valence-electron chi connectivity index (χ4n) is 6.09. The molecular formula is C42H44O7. The molecule has 1 saturated heterocycles. The van der Waals surface area contributed by atoms with E-state index in [1.54, 1.807) is 14.2 Å². The molecule has 0 aliphatic carbocycles. The van der Waals surface area contributed by atoms with Crippen LogP contribution in [0, 0.1) is 0 Å². The Hall–Kier alpha value is -4.50. The van der Waals surface area contributed by atoms with Gasteiger partial charge in [-0.15, -0.1) is 0 Å². The highest BCUT2D eigenvalue weighted by molar-refractivity contribution is 5.43. The first kappa shape index (κ1) is 34.4. The van der Waals surface area contributed by atoms with Crippen molar-refractivity contribution in [3.05, 3.63) is 167 Å². The van der Waals surface area contributed by atoms with Gasteiger partial charge in [-0.3, -0.25) is 0 Å². The largest absolute Gasteiger partial charge is 0.497 e. The average Bonchev–Trinajstić information content (AvgIpc) is 3.17. The normalized spacial score (nSPS) is 20.5. The third kappa shape index (κ3) is 9.35. The van der Waals surface area contributed by atoms with Gasteiger partial charge in [0.2, 0.25) is 0 Å². The van der Waals surface area contributed by atoms with Gasteiger partial charge in [0.1, 0.15) is 42.0 Å². The Kier molecular flexibility index (Phi) is 12.5. The molecule has 5 aromatic rings. The van der Waals surface area contributed by atoms with Crippen LogP contribution in [0.3, 0.4) is 0 Å². The molecule has 0 radical (unpaired) electrons. The highest BCUT2D eigenvalue weighted by Gasteiger charge is 2.49. The van der Waals surface area contributed by atoms with Gasteiger partial charge in [-0.05, 0) is 34.4 Å². The van der Waals surface area contributed by atoms with Crippen LogP contribution in [0.15, 0.2) is 140 Å². The molecular weight excluding hydrogens is 616 g/mol. The highest BCUT2D eigenvalue weighted by Crippen LogP contribution is 2.42. The van der Waals surface area contributed by atoms with Crippen LogP contribution >= 0.6 is 0 Å². The zero-order chi connectivity index (χ0) is 33.7. The molecule has 0 unspecified atom stereocenters. The van der Waals surface area contributed by atoms with Gasteiger partial charge in [0.25, 0.3) is 0 Å². The van der Waals surface area contributed by atoms with Gasteiger partial charge in [0.05, 0.1) is 47.3 Å². The van der Waals surface area contributed by atoms with Gasteiger partial charge in [-0.2, -0.15) is 0 Å². The van der Waals surface area contributed by atoms with Crippen molar-refractivity contribution in [2.75, 3.05) is 20.8 Å². The van der Waals surface area contributed by atoms with Gasteiger partial charge in [-0.25, -0.2) is 0 Å². The van der Waals surface area contributed by atoms with Crippen molar-refractivity contribution in [3.63, 3.8) is 0 Å². The van der Waals surface area contributed by atoms with Crippen LogP contribution in [0.25, 0.3) is 0 Å². The van der Waals surface area contributed by atoms with Crippen LogP contribution in [-0.2, 0) is 50.1 Å². The summed E-state index contributed by atoms with van der Waals surface area (Å²) in [5.74, 6) is 1.31. The second-order valence-electron chi connectivity index (χ2n) is 12.0. The molecule has 0 N–H and O–H groups in total. The first-order valence-corrected chi connectivity index (χ1v) is 16.7. The molecule has 49 heavy (non-hydrogen) atoms. The molecule has 5 atom stereocenters. The predicted molar refractivity (Wildman–Crippen MR) is 188 cm³/mol. The van der Waals surface area contributed by atoms with E-state index in [-0.39, 0.29) is 6.61 Å². The maximum atomic E-state index is 7.04. The Morgan fingerprint density at radius 1 is 0.490 bits per heavy atom. The topological polar surface area (TPSA) is 64.6 Å². The summed E-state index contributed by atoms with van der Waals surface area (Å²) in [6, 6.07) is 46.3. The van der Waals surface area contributed by atoms with Gasteiger partial charge in [0.15, 0.2) is 0 Å². The Morgan fingerprint density at radius 2 is 0.959 bits per heavy atom. The molecule has 6 rings (SSSR count). The lowest BCUT2D eigenvalue weighted by molar-refractivity contribution is -0.275. The van der Waals surface area contributed by atoms with E-state index in [4.69, 9.17) is 33.2 Å². The molecule has 1 heterocycles. The second-order valence-corrected chi connectivity index (χ2v) is 12.0. The fourth-order valence-corrected chi connectivity index (χ4v) is 6.09. The van der Waals surface area contributed by atoms with Crippen molar-refractivity contribution in [3.8, 4) is 11.5 Å². The highest BCUT2D eigenvalue weighted by atomic mass is 16.6. The molecule has 7 heteroatoms. The average molecular weight is 661 g/mol. The van der Waals surface area contributed by atoms with Crippen LogP contribution in [0.2, 0.25) is 0 Å². The molecule has 0 bridgehead atoms. The SMILES string of the molecule is COc1ccc([C@H]2O[C@H](COCc3ccccc3)[C@@H](OCc3ccccc3)[C@H](OCc3ccccc3)[C@H]2OCc2ccccc2)c(OC)c1. The minimum atomic E-state index is -0.577. The van der Waals surface area contributed by atoms with Crippen molar-refractivity contribution in [1.82, 2.24) is 0 Å². The van der Waals surface area contributed by atoms with Crippen LogP contribution in [-0.4, -0.2) is 45.2 Å². The Labute approximate surface area is 289 Å². The van der Waals surface area contributed by atoms with E-state index in [0.29, 0.717) is 37.9 Å². The van der Waals surface area contributed by atoms with Crippen LogP contribution in [0.5, 0.6) is 11.5 Å². The van der Waals surface area contributed by atoms with E-state index in [1.165, 1.54) is 0 Å². The molecule has 0 aromatic heterocycles. The maximum Gasteiger partial charge on any atom is 0.128 e. The molecule has 1 fully saturated rings. The van der Waals surface area contributed by atoms with Crippen LogP contribution in [0.1, 0.15) is 33.9 Å². The third-order valence-electron chi connectivity index (χ3n) is 8.63. The summed E-state index contributed by atoms with van der Waals surface area (Å²) in [6.07, 6.45) is -2.71. The van der Waals surface area contributed by atoms with E-state index >= 15 is 0 Å². The zero-order valence-corrected chi connectivity index (χ0v) is 28.1. The minimum Gasteiger partial charge on any atom is -0.497 e. The van der Waals surface area contributed by atoms with Gasteiger partial charge in [-0.1, -0.05) is 121 Å². The van der Waals surface area contributed by atoms with E-state index in [9.17, 15) is 0 Å². The first-order valence-electron chi connectivity index (χ1n) is 16.7. The van der Waals surface area contributed by atoms with E-state index in [2.05, 4.69) is 48.5 Å². The number of methoxy groups -OCH3 is 2. The first-order chi connectivity index (χ1) is 24.2. The number of ether oxygens (including phenoxy) is 7. The monoisotopic (exact) mass is 660 g/mol. The smallest absolute Gasteiger partial charge is 0.128 e. The molecule has 254 valence electrons. The molecule has 0 spiro atoms. The van der Waals surface area contributed by atoms with E-state index in [1.807, 2.05) is 91.0 Å².